The molecular weight excluding hydrogens is 553 g/mol. The molecule has 204 valence electrons. The molecule has 0 spiro atoms. The number of hydrogen-bond donors (Lipinski definition) is 1. The number of ether oxygens (including phenoxy) is 1. The molecule has 1 aromatic heterocycles. The molecule has 1 amide bonds. The van der Waals surface area contributed by atoms with Crippen molar-refractivity contribution in [2.45, 2.75) is 26.3 Å². The van der Waals surface area contributed by atoms with Crippen molar-refractivity contribution in [3.8, 4) is 17.7 Å². The number of ketones is 1. The number of nitrogens with zero attached hydrogens (tertiary/aromatic N) is 3. The zero-order valence-corrected chi connectivity index (χ0v) is 23.3. The summed E-state index contributed by atoms with van der Waals surface area (Å²) in [4.78, 5) is 40.8. The highest BCUT2D eigenvalue weighted by Gasteiger charge is 2.33. The van der Waals surface area contributed by atoms with Crippen molar-refractivity contribution in [2.24, 2.45) is 0 Å². The summed E-state index contributed by atoms with van der Waals surface area (Å²) in [5.41, 5.74) is 0.506. The zero-order valence-electron chi connectivity index (χ0n) is 21.6. The fourth-order valence-electron chi connectivity index (χ4n) is 4.27. The predicted molar refractivity (Wildman–Crippen MR) is 154 cm³/mol. The third-order valence-corrected chi connectivity index (χ3v) is 7.84. The lowest BCUT2D eigenvalue weighted by Gasteiger charge is -2.17. The highest BCUT2D eigenvalue weighted by molar-refractivity contribution is 8.26. The number of halogens is 1. The van der Waals surface area contributed by atoms with Gasteiger partial charge in [0.2, 0.25) is 5.88 Å². The Hall–Kier alpha value is -4.27. The first-order valence-corrected chi connectivity index (χ1v) is 13.4. The topological polar surface area (TPSA) is 113 Å². The van der Waals surface area contributed by atoms with Crippen molar-refractivity contribution >= 4 is 46.1 Å². The van der Waals surface area contributed by atoms with E-state index in [0.29, 0.717) is 22.6 Å². The van der Waals surface area contributed by atoms with Crippen LogP contribution in [0.25, 0.3) is 6.08 Å². The minimum absolute atomic E-state index is 0.0368. The van der Waals surface area contributed by atoms with Gasteiger partial charge in [0.15, 0.2) is 5.78 Å². The number of carbonyl (C=O) groups is 2. The lowest BCUT2D eigenvalue weighted by molar-refractivity contribution is -0.122. The third kappa shape index (κ3) is 5.98. The van der Waals surface area contributed by atoms with Gasteiger partial charge in [0, 0.05) is 19.5 Å². The Bertz CT molecular complexity index is 1620. The number of rotatable bonds is 9. The molecule has 2 aromatic carbocycles. The predicted octanol–water partition coefficient (Wildman–Crippen LogP) is 4.60. The summed E-state index contributed by atoms with van der Waals surface area (Å²) in [5, 5.41) is 20.6. The van der Waals surface area contributed by atoms with E-state index in [1.807, 2.05) is 18.2 Å². The van der Waals surface area contributed by atoms with Crippen LogP contribution in [0, 0.1) is 24.1 Å². The van der Waals surface area contributed by atoms with E-state index in [4.69, 9.17) is 17.0 Å². The summed E-state index contributed by atoms with van der Waals surface area (Å²) in [6.45, 7) is 1.41. The monoisotopic (exact) mass is 577 g/mol. The number of thioether (sulfide) groups is 1. The van der Waals surface area contributed by atoms with Gasteiger partial charge in [-0.15, -0.1) is 0 Å². The molecule has 8 nitrogen and oxygen atoms in total. The van der Waals surface area contributed by atoms with Gasteiger partial charge in [-0.25, -0.2) is 4.39 Å². The number of nitriles is 1. The van der Waals surface area contributed by atoms with Crippen molar-refractivity contribution in [2.75, 3.05) is 13.7 Å². The summed E-state index contributed by atoms with van der Waals surface area (Å²) in [5.74, 6) is -1.18. The minimum Gasteiger partial charge on any atom is -0.497 e. The summed E-state index contributed by atoms with van der Waals surface area (Å²) in [6.07, 6.45) is 1.75. The lowest BCUT2D eigenvalue weighted by atomic mass is 9.99. The molecule has 1 aliphatic rings. The van der Waals surface area contributed by atoms with Crippen LogP contribution < -0.4 is 10.3 Å². The Labute approximate surface area is 239 Å². The maximum absolute atomic E-state index is 13.3. The van der Waals surface area contributed by atoms with Gasteiger partial charge in [-0.2, -0.15) is 5.26 Å². The van der Waals surface area contributed by atoms with E-state index < -0.39 is 28.9 Å². The first kappa shape index (κ1) is 28.7. The van der Waals surface area contributed by atoms with Crippen LogP contribution >= 0.6 is 24.0 Å². The average Bonchev–Trinajstić information content (AvgIpc) is 3.20. The zero-order chi connectivity index (χ0) is 29.0. The molecule has 4 rings (SSSR count). The summed E-state index contributed by atoms with van der Waals surface area (Å²) in [6, 6.07) is 14.7. The maximum atomic E-state index is 13.3. The molecule has 1 saturated heterocycles. The van der Waals surface area contributed by atoms with Crippen LogP contribution in [-0.4, -0.2) is 44.2 Å². The van der Waals surface area contributed by atoms with E-state index in [-0.39, 0.29) is 40.5 Å². The van der Waals surface area contributed by atoms with E-state index in [9.17, 15) is 29.1 Å². The van der Waals surface area contributed by atoms with E-state index >= 15 is 0 Å². The number of carbonyl (C=O) groups excluding carboxylic acids is 2. The van der Waals surface area contributed by atoms with Crippen molar-refractivity contribution in [1.29, 1.82) is 5.26 Å². The molecule has 11 heteroatoms. The van der Waals surface area contributed by atoms with Crippen LogP contribution in [0.1, 0.15) is 39.0 Å². The van der Waals surface area contributed by atoms with E-state index in [1.165, 1.54) is 36.1 Å². The van der Waals surface area contributed by atoms with Crippen LogP contribution in [0.2, 0.25) is 0 Å². The van der Waals surface area contributed by atoms with Crippen molar-refractivity contribution < 1.29 is 23.8 Å². The van der Waals surface area contributed by atoms with Gasteiger partial charge in [0.05, 0.1) is 17.6 Å². The van der Waals surface area contributed by atoms with Gasteiger partial charge in [-0.1, -0.05) is 48.2 Å². The fourth-order valence-corrected chi connectivity index (χ4v) is 5.58. The van der Waals surface area contributed by atoms with Crippen molar-refractivity contribution in [3.63, 3.8) is 0 Å². The number of methoxy groups -OCH3 is 1. The van der Waals surface area contributed by atoms with E-state index in [1.54, 1.807) is 25.3 Å². The number of Topliss-reactive ketones (excluding diaryl/α,β-unsaturated/α-hetero) is 1. The van der Waals surface area contributed by atoms with Crippen LogP contribution in [0.4, 0.5) is 4.39 Å². The first-order valence-electron chi connectivity index (χ1n) is 12.2. The second kappa shape index (κ2) is 12.3. The summed E-state index contributed by atoms with van der Waals surface area (Å²) < 4.78 is 19.6. The number of pyridine rings is 1. The van der Waals surface area contributed by atoms with Crippen LogP contribution in [-0.2, 0) is 17.8 Å². The van der Waals surface area contributed by atoms with E-state index in [2.05, 4.69) is 0 Å². The number of aryl methyl sites for hydroxylation is 1. The van der Waals surface area contributed by atoms with Crippen LogP contribution in [0.3, 0.4) is 0 Å². The van der Waals surface area contributed by atoms with Crippen LogP contribution in [0.5, 0.6) is 11.6 Å². The van der Waals surface area contributed by atoms with Gasteiger partial charge in [-0.05, 0) is 60.4 Å². The summed E-state index contributed by atoms with van der Waals surface area (Å²) >= 11 is 6.41. The molecular formula is C29H24FN3O5S2. The largest absolute Gasteiger partial charge is 0.497 e. The molecule has 0 saturated carbocycles. The van der Waals surface area contributed by atoms with Gasteiger partial charge in [-0.3, -0.25) is 23.9 Å². The van der Waals surface area contributed by atoms with Crippen LogP contribution in [0.15, 0.2) is 58.2 Å². The Morgan fingerprint density at radius 3 is 2.45 bits per heavy atom. The number of benzene rings is 2. The third-order valence-electron chi connectivity index (χ3n) is 6.47. The molecule has 3 aromatic rings. The molecule has 0 bridgehead atoms. The van der Waals surface area contributed by atoms with Gasteiger partial charge < -0.3 is 9.84 Å². The standard InChI is InChI=1S/C29H24FN3O5S2/c1-17-22(16-31)26(35)32(13-11-18-5-9-21(38-2)10-6-18)28(37)25(17)23(34)12-14-33-27(36)24(40-29(33)39)15-19-3-7-20(30)8-4-19/h3-10,15,37H,11-14H2,1-2H3/b24-15-. The average molecular weight is 578 g/mol. The van der Waals surface area contributed by atoms with E-state index in [0.717, 1.165) is 21.9 Å². The lowest BCUT2D eigenvalue weighted by Crippen LogP contribution is -2.31. The molecule has 1 aliphatic heterocycles. The molecule has 0 aliphatic carbocycles. The normalized spacial score (nSPS) is 14.1. The second-order valence-electron chi connectivity index (χ2n) is 8.92. The first-order chi connectivity index (χ1) is 19.1. The molecule has 1 fully saturated rings. The molecule has 0 radical (unpaired) electrons. The fraction of sp³-hybridized carbons (Fsp3) is 0.207. The highest BCUT2D eigenvalue weighted by Crippen LogP contribution is 2.33. The number of aromatic nitrogens is 1. The molecule has 1 N–H and O–H groups in total. The SMILES string of the molecule is COc1ccc(CCn2c(O)c(C(=O)CCN3C(=O)/C(=C/c4ccc(F)cc4)SC3=S)c(C)c(C#N)c2=O)cc1. The second-order valence-corrected chi connectivity index (χ2v) is 10.6. The van der Waals surface area contributed by atoms with Gasteiger partial charge in [0.25, 0.3) is 11.5 Å². The van der Waals surface area contributed by atoms with Crippen molar-refractivity contribution in [3.05, 3.63) is 97.4 Å². The smallest absolute Gasteiger partial charge is 0.271 e. The summed E-state index contributed by atoms with van der Waals surface area (Å²) in [7, 11) is 1.55. The Morgan fingerprint density at radius 1 is 1.15 bits per heavy atom. The highest BCUT2D eigenvalue weighted by atomic mass is 32.2. The Morgan fingerprint density at radius 2 is 1.82 bits per heavy atom. The minimum atomic E-state index is -0.689. The number of hydrogen-bond acceptors (Lipinski definition) is 8. The molecule has 0 atom stereocenters. The Balaban J connectivity index is 1.53. The number of aromatic hydroxyl groups is 1. The van der Waals surface area contributed by atoms with Gasteiger partial charge in [0.1, 0.15) is 27.5 Å². The maximum Gasteiger partial charge on any atom is 0.271 e. The quantitative estimate of drug-likeness (QED) is 0.223. The van der Waals surface area contributed by atoms with Gasteiger partial charge >= 0.3 is 0 Å². The number of thiocarbonyl (C=S) groups is 1. The molecule has 0 unspecified atom stereocenters. The molecule has 40 heavy (non-hydrogen) atoms. The molecule has 2 heterocycles. The van der Waals surface area contributed by atoms with Crippen molar-refractivity contribution in [1.82, 2.24) is 9.47 Å². The Kier molecular flexibility index (Phi) is 8.82. The number of amides is 1.